The molecule has 25 heteroatoms. The molecule has 0 radical (unpaired) electrons. The molecule has 1 saturated heterocycles. The summed E-state index contributed by atoms with van der Waals surface area (Å²) >= 11 is 0. The van der Waals surface area contributed by atoms with E-state index in [0.29, 0.717) is 0 Å². The summed E-state index contributed by atoms with van der Waals surface area (Å²) in [7, 11) is 2.51. The van der Waals surface area contributed by atoms with Gasteiger partial charge in [-0.1, -0.05) is 6.08 Å². The predicted molar refractivity (Wildman–Crippen MR) is 261 cm³/mol. The standard InChI is InChI=1S/C54H58N2O23/c1-25-14-15-34-32(13-12-17-56-34)47(63)70-23-51(8)37-39-43(77-49(65)50(6,7)78-29(5)60)53(24-71-48(64)33-21-55-18-16-30(33)22-69-38-35(67-10)19-31(46(62)75-39)20-36(38)68-11)44(74-28(4)59)40(72-26(2)57)42(76-45(25)61)52(9,66)54(53,79-51)41(37)73-27(3)58/h12-21,25,37,39-44,66H,22-24H2,1-11H3/t25-,37-,39+,40+,41+,42+,43-,44-,51+,52+,53+,54+/m0/s1. The second-order valence-electron chi connectivity index (χ2n) is 20.4. The minimum atomic E-state index is -3.09. The largest absolute Gasteiger partial charge is 0.493 e. The molecule has 3 fully saturated rings. The van der Waals surface area contributed by atoms with Gasteiger partial charge in [0.05, 0.1) is 48.4 Å². The maximum absolute atomic E-state index is 15.4. The number of hydrogen-bond acceptors (Lipinski definition) is 25. The van der Waals surface area contributed by atoms with Gasteiger partial charge in [0, 0.05) is 51.8 Å². The van der Waals surface area contributed by atoms with E-state index in [1.165, 1.54) is 82.9 Å². The minimum absolute atomic E-state index is 0.00566. The maximum atomic E-state index is 15.4. The number of esters is 9. The van der Waals surface area contributed by atoms with Gasteiger partial charge in [-0.3, -0.25) is 33.9 Å². The van der Waals surface area contributed by atoms with Crippen molar-refractivity contribution in [2.45, 2.75) is 128 Å². The molecule has 2 saturated carbocycles. The molecule has 6 heterocycles. The number of carbonyl (C=O) groups excluding carboxylic acids is 9. The van der Waals surface area contributed by atoms with Crippen molar-refractivity contribution in [3.63, 3.8) is 0 Å². The Kier molecular flexibility index (Phi) is 15.3. The zero-order valence-electron chi connectivity index (χ0n) is 44.8. The predicted octanol–water partition coefficient (Wildman–Crippen LogP) is 3.16. The lowest BCUT2D eigenvalue weighted by Gasteiger charge is -2.67. The molecule has 6 aliphatic rings. The third kappa shape index (κ3) is 9.82. The zero-order valence-corrected chi connectivity index (χ0v) is 44.8. The van der Waals surface area contributed by atoms with E-state index in [2.05, 4.69) is 9.97 Å². The lowest BCUT2D eigenvalue weighted by Crippen LogP contribution is -2.89. The Labute approximate surface area is 451 Å². The molecular weight excluding hydrogens is 1040 g/mol. The number of fused-ring (bicyclic) bond motifs is 11. The molecule has 2 aromatic heterocycles. The molecule has 0 unspecified atom stereocenters. The monoisotopic (exact) mass is 1100 g/mol. The number of methoxy groups -OCH3 is 2. The van der Waals surface area contributed by atoms with Gasteiger partial charge < -0.3 is 66.7 Å². The van der Waals surface area contributed by atoms with Crippen molar-refractivity contribution in [1.82, 2.24) is 9.97 Å². The third-order valence-corrected chi connectivity index (χ3v) is 14.7. The second kappa shape index (κ2) is 21.2. The van der Waals surface area contributed by atoms with E-state index < -0.39 is 150 Å². The number of benzene rings is 1. The highest BCUT2D eigenvalue weighted by molar-refractivity contribution is 5.94. The topological polar surface area (TPSA) is 320 Å². The van der Waals surface area contributed by atoms with Crippen LogP contribution in [-0.2, 0) is 82.7 Å². The van der Waals surface area contributed by atoms with E-state index in [4.69, 9.17) is 61.6 Å². The van der Waals surface area contributed by atoms with Crippen LogP contribution in [0.5, 0.6) is 17.2 Å². The van der Waals surface area contributed by atoms with Crippen LogP contribution in [0.3, 0.4) is 0 Å². The Hall–Kier alpha value is -8.19. The molecule has 4 aliphatic heterocycles. The molecule has 1 aromatic carbocycles. The van der Waals surface area contributed by atoms with E-state index in [1.54, 1.807) is 0 Å². The number of aliphatic hydroxyl groups is 1. The van der Waals surface area contributed by atoms with E-state index in [0.717, 1.165) is 54.7 Å². The number of nitrogens with zero attached hydrogens (tertiary/aromatic N) is 2. The molecular formula is C54H58N2O23. The van der Waals surface area contributed by atoms with Gasteiger partial charge >= 0.3 is 53.7 Å². The van der Waals surface area contributed by atoms with Crippen molar-refractivity contribution in [2.75, 3.05) is 27.4 Å². The fraction of sp³-hybridized carbons (Fsp3) is 0.500. The number of ether oxygens (including phenoxy) is 13. The average Bonchev–Trinajstić information content (AvgIpc) is 1.90. The van der Waals surface area contributed by atoms with E-state index >= 15 is 14.4 Å². The first-order valence-corrected chi connectivity index (χ1v) is 24.7. The SMILES string of the molecule is COc1cc2cc(OC)c1OCc1ccncc1C(=O)OC[C@]13[C@@H](OC(=O)C(C)(C)OC(C)=O)[C@H](OC2=O)[C@H]2[C@@H](OC(C)=O)[C@]14O[C@]2(C)COC(=O)c1cccnc1C=C[C@H](C)C(=O)O[C@H]([C@@H](OC(C)=O)[C@@H]3OC(C)=O)[C@@]4(C)O. The Morgan fingerprint density at radius 1 is 0.747 bits per heavy atom. The van der Waals surface area contributed by atoms with Crippen molar-refractivity contribution in [3.05, 3.63) is 82.9 Å². The lowest BCUT2D eigenvalue weighted by atomic mass is 9.45. The van der Waals surface area contributed by atoms with Gasteiger partial charge in [0.1, 0.15) is 48.6 Å². The summed E-state index contributed by atoms with van der Waals surface area (Å²) in [4.78, 5) is 137. The smallest absolute Gasteiger partial charge is 0.350 e. The Morgan fingerprint density at radius 2 is 1.38 bits per heavy atom. The van der Waals surface area contributed by atoms with Crippen LogP contribution in [0.2, 0.25) is 0 Å². The van der Waals surface area contributed by atoms with Crippen LogP contribution in [0.15, 0.2) is 55.0 Å². The summed E-state index contributed by atoms with van der Waals surface area (Å²) < 4.78 is 80.6. The quantitative estimate of drug-likeness (QED) is 0.250. The van der Waals surface area contributed by atoms with Gasteiger partial charge in [-0.25, -0.2) is 19.2 Å². The van der Waals surface area contributed by atoms with Gasteiger partial charge in [0.25, 0.3) is 0 Å². The average molecular weight is 1100 g/mol. The fourth-order valence-electron chi connectivity index (χ4n) is 11.4. The maximum Gasteiger partial charge on any atom is 0.350 e. The summed E-state index contributed by atoms with van der Waals surface area (Å²) in [6.07, 6.45) is -7.41. The number of rotatable bonds is 8. The third-order valence-electron chi connectivity index (χ3n) is 14.7. The Bertz CT molecular complexity index is 3020. The van der Waals surface area contributed by atoms with Crippen molar-refractivity contribution in [2.24, 2.45) is 17.3 Å². The first kappa shape index (κ1) is 57.0. The highest BCUT2D eigenvalue weighted by atomic mass is 16.7. The van der Waals surface area contributed by atoms with Crippen molar-refractivity contribution in [3.8, 4) is 17.2 Å². The highest BCUT2D eigenvalue weighted by Gasteiger charge is 2.92. The molecule has 25 nitrogen and oxygen atoms in total. The lowest BCUT2D eigenvalue weighted by molar-refractivity contribution is -0.386. The molecule has 79 heavy (non-hydrogen) atoms. The van der Waals surface area contributed by atoms with Crippen LogP contribution in [0.25, 0.3) is 6.08 Å². The number of pyridine rings is 2. The van der Waals surface area contributed by atoms with E-state index in [1.807, 2.05) is 0 Å². The molecule has 8 bridgehead atoms. The molecule has 2 spiro atoms. The number of aromatic nitrogens is 2. The summed E-state index contributed by atoms with van der Waals surface area (Å²) in [6, 6.07) is 6.60. The highest BCUT2D eigenvalue weighted by Crippen LogP contribution is 2.70. The molecule has 3 aromatic rings. The first-order valence-electron chi connectivity index (χ1n) is 24.7. The van der Waals surface area contributed by atoms with Gasteiger partial charge in [-0.2, -0.15) is 0 Å². The van der Waals surface area contributed by atoms with Gasteiger partial charge in [0.15, 0.2) is 41.5 Å². The Morgan fingerprint density at radius 3 is 2.01 bits per heavy atom. The molecule has 1 N–H and O–H groups in total. The summed E-state index contributed by atoms with van der Waals surface area (Å²) in [5.74, 6) is -14.1. The number of carbonyl (C=O) groups is 9. The molecule has 9 rings (SSSR count). The van der Waals surface area contributed by atoms with Crippen molar-refractivity contribution >= 4 is 59.8 Å². The van der Waals surface area contributed by atoms with Crippen molar-refractivity contribution < 1.29 is 110 Å². The zero-order chi connectivity index (χ0) is 57.7. The molecule has 2 aliphatic carbocycles. The molecule has 422 valence electrons. The summed E-state index contributed by atoms with van der Waals surface area (Å²) in [5.41, 5.74) is -14.5. The van der Waals surface area contributed by atoms with Crippen LogP contribution in [0.4, 0.5) is 0 Å². The van der Waals surface area contributed by atoms with Gasteiger partial charge in [0.2, 0.25) is 11.4 Å². The second-order valence-corrected chi connectivity index (χ2v) is 20.4. The van der Waals surface area contributed by atoms with E-state index in [9.17, 15) is 33.9 Å². The van der Waals surface area contributed by atoms with Gasteiger partial charge in [-0.05, 0) is 71.0 Å². The van der Waals surface area contributed by atoms with Crippen LogP contribution >= 0.6 is 0 Å². The van der Waals surface area contributed by atoms with E-state index in [-0.39, 0.29) is 45.2 Å². The summed E-state index contributed by atoms with van der Waals surface area (Å²) in [6.45, 7) is 7.01. The first-order chi connectivity index (χ1) is 37.2. The number of hydrogen-bond donors (Lipinski definition) is 1. The normalized spacial score (nSPS) is 31.1. The number of cyclic esters (lactones) is 1. The minimum Gasteiger partial charge on any atom is -0.493 e. The van der Waals surface area contributed by atoms with Gasteiger partial charge in [-0.15, -0.1) is 0 Å². The van der Waals surface area contributed by atoms with Crippen LogP contribution in [0.1, 0.15) is 105 Å². The van der Waals surface area contributed by atoms with Crippen molar-refractivity contribution in [1.29, 1.82) is 0 Å². The van der Waals surface area contributed by atoms with Crippen LogP contribution < -0.4 is 14.2 Å². The molecule has 0 amide bonds. The Balaban J connectivity index is 1.57. The fourth-order valence-corrected chi connectivity index (χ4v) is 11.4. The van der Waals surface area contributed by atoms with Crippen LogP contribution in [0, 0.1) is 17.3 Å². The summed E-state index contributed by atoms with van der Waals surface area (Å²) in [5, 5.41) is 14.1. The van der Waals surface area contributed by atoms with Crippen LogP contribution in [-0.4, -0.2) is 155 Å². The molecule has 12 atom stereocenters.